The third kappa shape index (κ3) is 4.16. The fourth-order valence-corrected chi connectivity index (χ4v) is 4.33. The van der Waals surface area contributed by atoms with E-state index in [4.69, 9.17) is 0 Å². The fraction of sp³-hybridized carbons (Fsp3) is 0.571. The van der Waals surface area contributed by atoms with E-state index in [1.807, 2.05) is 19.1 Å². The summed E-state index contributed by atoms with van der Waals surface area (Å²) in [7, 11) is -3.38. The van der Waals surface area contributed by atoms with Gasteiger partial charge in [0.1, 0.15) is 0 Å². The summed E-state index contributed by atoms with van der Waals surface area (Å²) in [6, 6.07) is 6.99. The van der Waals surface area contributed by atoms with Gasteiger partial charge in [0, 0.05) is 9.61 Å². The van der Waals surface area contributed by atoms with E-state index in [0.717, 1.165) is 16.4 Å². The van der Waals surface area contributed by atoms with Gasteiger partial charge in [-0.15, -0.1) is 0 Å². The number of rotatable bonds is 4. The van der Waals surface area contributed by atoms with Crippen molar-refractivity contribution in [2.24, 2.45) is 5.92 Å². The highest BCUT2D eigenvalue weighted by Gasteiger charge is 2.24. The predicted molar refractivity (Wildman–Crippen MR) is 85.5 cm³/mol. The largest absolute Gasteiger partial charge is 0.240 e. The Kier molecular flexibility index (Phi) is 5.25. The highest BCUT2D eigenvalue weighted by atomic mass is 127. The van der Waals surface area contributed by atoms with Crippen molar-refractivity contribution in [3.05, 3.63) is 27.8 Å². The van der Waals surface area contributed by atoms with Gasteiger partial charge in [0.25, 0.3) is 0 Å². The number of sulfonamides is 1. The van der Waals surface area contributed by atoms with Crippen LogP contribution >= 0.6 is 22.6 Å². The lowest BCUT2D eigenvalue weighted by Crippen LogP contribution is -2.38. The van der Waals surface area contributed by atoms with Crippen molar-refractivity contribution < 1.29 is 8.42 Å². The summed E-state index contributed by atoms with van der Waals surface area (Å²) in [5.74, 6) is 0.479. The molecule has 5 heteroatoms. The minimum Gasteiger partial charge on any atom is -0.208 e. The van der Waals surface area contributed by atoms with E-state index in [-0.39, 0.29) is 6.04 Å². The Morgan fingerprint density at radius 2 is 1.74 bits per heavy atom. The molecule has 1 aliphatic carbocycles. The molecule has 0 aliphatic heterocycles. The molecular weight excluding hydrogens is 373 g/mol. The summed E-state index contributed by atoms with van der Waals surface area (Å²) in [4.78, 5) is 0.357. The summed E-state index contributed by atoms with van der Waals surface area (Å²) in [5.41, 5.74) is 0. The SMILES string of the molecule is CC(NS(=O)(=O)c1ccc(I)cc1)C1CCCCC1. The zero-order valence-electron chi connectivity index (χ0n) is 11.1. The van der Waals surface area contributed by atoms with Crippen LogP contribution in [0.1, 0.15) is 39.0 Å². The molecule has 0 spiro atoms. The summed E-state index contributed by atoms with van der Waals surface area (Å²) < 4.78 is 28.4. The predicted octanol–water partition coefficient (Wildman–Crippen LogP) is 3.54. The first-order valence-corrected chi connectivity index (χ1v) is 9.33. The second-order valence-corrected chi connectivity index (χ2v) is 8.22. The second-order valence-electron chi connectivity index (χ2n) is 5.26. The molecule has 0 radical (unpaired) electrons. The van der Waals surface area contributed by atoms with Crippen molar-refractivity contribution >= 4 is 32.6 Å². The van der Waals surface area contributed by atoms with Crippen LogP contribution in [0.3, 0.4) is 0 Å². The van der Waals surface area contributed by atoms with E-state index in [1.54, 1.807) is 12.1 Å². The van der Waals surface area contributed by atoms with Crippen LogP contribution in [-0.2, 0) is 10.0 Å². The lowest BCUT2D eigenvalue weighted by molar-refractivity contribution is 0.303. The molecule has 106 valence electrons. The molecule has 19 heavy (non-hydrogen) atoms. The molecule has 1 aromatic rings. The average Bonchev–Trinajstić information content (AvgIpc) is 2.40. The molecule has 1 aliphatic rings. The Morgan fingerprint density at radius 3 is 2.32 bits per heavy atom. The van der Waals surface area contributed by atoms with Crippen LogP contribution in [-0.4, -0.2) is 14.5 Å². The highest BCUT2D eigenvalue weighted by Crippen LogP contribution is 2.27. The van der Waals surface area contributed by atoms with Crippen LogP contribution in [0.25, 0.3) is 0 Å². The highest BCUT2D eigenvalue weighted by molar-refractivity contribution is 14.1. The molecule has 2 rings (SSSR count). The Morgan fingerprint density at radius 1 is 1.16 bits per heavy atom. The first-order chi connectivity index (χ1) is 8.99. The van der Waals surface area contributed by atoms with Gasteiger partial charge >= 0.3 is 0 Å². The van der Waals surface area contributed by atoms with Crippen molar-refractivity contribution in [2.45, 2.75) is 50.0 Å². The van der Waals surface area contributed by atoms with Gasteiger partial charge < -0.3 is 0 Å². The van der Waals surface area contributed by atoms with Crippen LogP contribution in [0.4, 0.5) is 0 Å². The number of nitrogens with one attached hydrogen (secondary N) is 1. The molecule has 1 fully saturated rings. The van der Waals surface area contributed by atoms with Gasteiger partial charge in [-0.1, -0.05) is 19.3 Å². The van der Waals surface area contributed by atoms with Gasteiger partial charge in [-0.05, 0) is 72.5 Å². The van der Waals surface area contributed by atoms with E-state index < -0.39 is 10.0 Å². The summed E-state index contributed by atoms with van der Waals surface area (Å²) >= 11 is 2.17. The van der Waals surface area contributed by atoms with Crippen LogP contribution < -0.4 is 4.72 Å². The summed E-state index contributed by atoms with van der Waals surface area (Å²) in [6.45, 7) is 1.99. The average molecular weight is 393 g/mol. The molecule has 0 amide bonds. The first-order valence-electron chi connectivity index (χ1n) is 6.77. The van der Waals surface area contributed by atoms with Gasteiger partial charge in [0.2, 0.25) is 10.0 Å². The summed E-state index contributed by atoms with van der Waals surface area (Å²) in [6.07, 6.45) is 6.00. The quantitative estimate of drug-likeness (QED) is 0.796. The van der Waals surface area contributed by atoms with Gasteiger partial charge in [0.05, 0.1) is 4.90 Å². The third-order valence-corrected chi connectivity index (χ3v) is 6.12. The smallest absolute Gasteiger partial charge is 0.208 e. The molecule has 0 aromatic heterocycles. The summed E-state index contributed by atoms with van der Waals surface area (Å²) in [5, 5.41) is 0. The number of halogens is 1. The van der Waals surface area contributed by atoms with Gasteiger partial charge in [-0.3, -0.25) is 0 Å². The Balaban J connectivity index is 2.05. The molecule has 0 saturated heterocycles. The Bertz CT molecular complexity index is 507. The van der Waals surface area contributed by atoms with E-state index in [0.29, 0.717) is 10.8 Å². The van der Waals surface area contributed by atoms with E-state index in [1.165, 1.54) is 19.3 Å². The normalized spacial score (nSPS) is 19.3. The topological polar surface area (TPSA) is 46.2 Å². The molecule has 3 nitrogen and oxygen atoms in total. The lowest BCUT2D eigenvalue weighted by atomic mass is 9.85. The zero-order chi connectivity index (χ0) is 13.9. The minimum absolute atomic E-state index is 0.0181. The molecule has 0 heterocycles. The Labute approximate surface area is 129 Å². The van der Waals surface area contributed by atoms with Gasteiger partial charge in [-0.25, -0.2) is 13.1 Å². The van der Waals surface area contributed by atoms with Crippen LogP contribution in [0.5, 0.6) is 0 Å². The van der Waals surface area contributed by atoms with Crippen molar-refractivity contribution in [3.63, 3.8) is 0 Å². The van der Waals surface area contributed by atoms with Gasteiger partial charge in [0.15, 0.2) is 0 Å². The van der Waals surface area contributed by atoms with E-state index >= 15 is 0 Å². The maximum atomic E-state index is 12.3. The van der Waals surface area contributed by atoms with Crippen molar-refractivity contribution in [1.29, 1.82) is 0 Å². The molecular formula is C14H20INO2S. The van der Waals surface area contributed by atoms with E-state index in [2.05, 4.69) is 27.3 Å². The monoisotopic (exact) mass is 393 g/mol. The lowest BCUT2D eigenvalue weighted by Gasteiger charge is -2.28. The second kappa shape index (κ2) is 6.54. The van der Waals surface area contributed by atoms with Crippen LogP contribution in [0, 0.1) is 9.49 Å². The minimum atomic E-state index is -3.38. The Hall–Kier alpha value is -0.140. The molecule has 1 aromatic carbocycles. The van der Waals surface area contributed by atoms with Crippen molar-refractivity contribution in [3.8, 4) is 0 Å². The van der Waals surface area contributed by atoms with Crippen LogP contribution in [0.2, 0.25) is 0 Å². The standard InChI is InChI=1S/C14H20INO2S/c1-11(12-5-3-2-4-6-12)16-19(17,18)14-9-7-13(15)8-10-14/h7-12,16H,2-6H2,1H3. The molecule has 0 bridgehead atoms. The third-order valence-electron chi connectivity index (χ3n) is 3.82. The maximum absolute atomic E-state index is 12.3. The fourth-order valence-electron chi connectivity index (χ4n) is 2.66. The maximum Gasteiger partial charge on any atom is 0.240 e. The number of hydrogen-bond donors (Lipinski definition) is 1. The first kappa shape index (κ1) is 15.3. The molecule has 1 atom stereocenters. The number of hydrogen-bond acceptors (Lipinski definition) is 2. The number of benzene rings is 1. The van der Waals surface area contributed by atoms with Crippen molar-refractivity contribution in [1.82, 2.24) is 4.72 Å². The zero-order valence-corrected chi connectivity index (χ0v) is 14.1. The van der Waals surface area contributed by atoms with E-state index in [9.17, 15) is 8.42 Å². The van der Waals surface area contributed by atoms with Crippen molar-refractivity contribution in [2.75, 3.05) is 0 Å². The van der Waals surface area contributed by atoms with Gasteiger partial charge in [-0.2, -0.15) is 0 Å². The van der Waals surface area contributed by atoms with Crippen LogP contribution in [0.15, 0.2) is 29.2 Å². The molecule has 1 saturated carbocycles. The molecule has 1 N–H and O–H groups in total. The molecule has 1 unspecified atom stereocenters.